The summed E-state index contributed by atoms with van der Waals surface area (Å²) in [7, 11) is -3.36. The Morgan fingerprint density at radius 1 is 1.00 bits per heavy atom. The molecule has 2 aromatic carbocycles. The van der Waals surface area contributed by atoms with Gasteiger partial charge in [-0.2, -0.15) is 0 Å². The molecule has 1 heterocycles. The van der Waals surface area contributed by atoms with E-state index in [1.54, 1.807) is 42.5 Å². The first-order valence-corrected chi connectivity index (χ1v) is 10.4. The van der Waals surface area contributed by atoms with Crippen LogP contribution in [0, 0.1) is 5.82 Å². The first kappa shape index (κ1) is 19.2. The standard InChI is InChI=1S/C19H23FN4O2S/c20-16-6-8-17(9-7-16)23-11-13-24(14-12-23)19(21)22-10-15-27(25,26)18-4-2-1-3-5-18/h1-9H,10-15H2,(H2,21,22). The van der Waals surface area contributed by atoms with Crippen molar-refractivity contribution in [3.63, 3.8) is 0 Å². The zero-order valence-electron chi connectivity index (χ0n) is 15.0. The fourth-order valence-corrected chi connectivity index (χ4v) is 4.11. The molecular formula is C19H23FN4O2S. The molecule has 0 aromatic heterocycles. The van der Waals surface area contributed by atoms with Crippen LogP contribution in [0.3, 0.4) is 0 Å². The molecule has 1 aliphatic heterocycles. The van der Waals surface area contributed by atoms with E-state index in [0.29, 0.717) is 23.9 Å². The highest BCUT2D eigenvalue weighted by Gasteiger charge is 2.19. The van der Waals surface area contributed by atoms with Crippen molar-refractivity contribution in [2.24, 2.45) is 10.7 Å². The van der Waals surface area contributed by atoms with Gasteiger partial charge >= 0.3 is 0 Å². The number of piperazine rings is 1. The van der Waals surface area contributed by atoms with Crippen LogP contribution in [0.15, 0.2) is 64.5 Å². The predicted octanol–water partition coefficient (Wildman–Crippen LogP) is 1.74. The molecule has 27 heavy (non-hydrogen) atoms. The first-order valence-electron chi connectivity index (χ1n) is 8.79. The van der Waals surface area contributed by atoms with Crippen LogP contribution in [0.5, 0.6) is 0 Å². The highest BCUT2D eigenvalue weighted by atomic mass is 32.2. The van der Waals surface area contributed by atoms with E-state index < -0.39 is 9.84 Å². The topological polar surface area (TPSA) is 79.0 Å². The van der Waals surface area contributed by atoms with Crippen LogP contribution in [-0.4, -0.2) is 57.8 Å². The van der Waals surface area contributed by atoms with Gasteiger partial charge in [-0.15, -0.1) is 0 Å². The molecule has 0 amide bonds. The zero-order chi connectivity index (χ0) is 19.3. The Balaban J connectivity index is 1.51. The van der Waals surface area contributed by atoms with Gasteiger partial charge in [-0.3, -0.25) is 4.99 Å². The van der Waals surface area contributed by atoms with E-state index in [2.05, 4.69) is 9.89 Å². The molecule has 0 radical (unpaired) electrons. The summed E-state index contributed by atoms with van der Waals surface area (Å²) < 4.78 is 37.5. The molecule has 1 aliphatic rings. The second-order valence-electron chi connectivity index (χ2n) is 6.32. The quantitative estimate of drug-likeness (QED) is 0.621. The number of rotatable bonds is 5. The van der Waals surface area contributed by atoms with Crippen LogP contribution in [0.1, 0.15) is 0 Å². The minimum Gasteiger partial charge on any atom is -0.370 e. The summed E-state index contributed by atoms with van der Waals surface area (Å²) in [5, 5.41) is 0. The van der Waals surface area contributed by atoms with Crippen LogP contribution in [0.2, 0.25) is 0 Å². The minimum absolute atomic E-state index is 0.0761. The van der Waals surface area contributed by atoms with E-state index in [1.165, 1.54) is 12.1 Å². The Morgan fingerprint density at radius 2 is 1.63 bits per heavy atom. The first-order chi connectivity index (χ1) is 13.0. The summed E-state index contributed by atoms with van der Waals surface area (Å²) in [5.41, 5.74) is 7.01. The summed E-state index contributed by atoms with van der Waals surface area (Å²) in [4.78, 5) is 8.63. The summed E-state index contributed by atoms with van der Waals surface area (Å²) in [6, 6.07) is 14.8. The Bertz CT molecular complexity index is 878. The van der Waals surface area contributed by atoms with Crippen LogP contribution in [-0.2, 0) is 9.84 Å². The SMILES string of the molecule is NC(=NCCS(=O)(=O)c1ccccc1)N1CCN(c2ccc(F)cc2)CC1. The maximum absolute atomic E-state index is 13.0. The van der Waals surface area contributed by atoms with Crippen molar-refractivity contribution in [3.8, 4) is 0 Å². The number of guanidine groups is 1. The lowest BCUT2D eigenvalue weighted by Crippen LogP contribution is -2.51. The molecule has 0 atom stereocenters. The van der Waals surface area contributed by atoms with Crippen molar-refractivity contribution in [2.45, 2.75) is 4.90 Å². The van der Waals surface area contributed by atoms with Crippen molar-refractivity contribution >= 4 is 21.5 Å². The van der Waals surface area contributed by atoms with Gasteiger partial charge in [0.2, 0.25) is 0 Å². The third-order valence-electron chi connectivity index (χ3n) is 4.53. The van der Waals surface area contributed by atoms with E-state index in [4.69, 9.17) is 5.73 Å². The Labute approximate surface area is 159 Å². The number of sulfone groups is 1. The number of halogens is 1. The lowest BCUT2D eigenvalue weighted by atomic mass is 10.2. The highest BCUT2D eigenvalue weighted by molar-refractivity contribution is 7.91. The normalized spacial score (nSPS) is 15.8. The van der Waals surface area contributed by atoms with Gasteiger partial charge in [0.25, 0.3) is 0 Å². The monoisotopic (exact) mass is 390 g/mol. The number of hydrogen-bond acceptors (Lipinski definition) is 4. The molecule has 6 nitrogen and oxygen atoms in total. The van der Waals surface area contributed by atoms with E-state index in [0.717, 1.165) is 18.8 Å². The maximum atomic E-state index is 13.0. The number of benzene rings is 2. The molecule has 0 bridgehead atoms. The van der Waals surface area contributed by atoms with Crippen LogP contribution >= 0.6 is 0 Å². The van der Waals surface area contributed by atoms with Gasteiger partial charge in [-0.05, 0) is 36.4 Å². The van der Waals surface area contributed by atoms with Gasteiger partial charge in [0.15, 0.2) is 15.8 Å². The average Bonchev–Trinajstić information content (AvgIpc) is 2.69. The number of nitrogens with two attached hydrogens (primary N) is 1. The molecule has 0 aliphatic carbocycles. The van der Waals surface area contributed by atoms with Crippen LogP contribution < -0.4 is 10.6 Å². The zero-order valence-corrected chi connectivity index (χ0v) is 15.8. The second kappa shape index (κ2) is 8.39. The third kappa shape index (κ3) is 4.97. The molecule has 2 N–H and O–H groups in total. The van der Waals surface area contributed by atoms with Gasteiger partial charge in [0, 0.05) is 31.9 Å². The summed E-state index contributed by atoms with van der Waals surface area (Å²) in [6.45, 7) is 2.96. The number of nitrogens with zero attached hydrogens (tertiary/aromatic N) is 3. The van der Waals surface area contributed by atoms with E-state index in [1.807, 2.05) is 4.90 Å². The van der Waals surface area contributed by atoms with E-state index in [9.17, 15) is 12.8 Å². The Hall–Kier alpha value is -2.61. The van der Waals surface area contributed by atoms with Gasteiger partial charge in [0.1, 0.15) is 5.82 Å². The Kier molecular flexibility index (Phi) is 5.95. The van der Waals surface area contributed by atoms with Gasteiger partial charge in [-0.1, -0.05) is 18.2 Å². The summed E-state index contributed by atoms with van der Waals surface area (Å²) in [6.07, 6.45) is 0. The molecule has 0 saturated carbocycles. The fourth-order valence-electron chi connectivity index (χ4n) is 2.97. The van der Waals surface area contributed by atoms with Crippen molar-refractivity contribution < 1.29 is 12.8 Å². The Morgan fingerprint density at radius 3 is 2.26 bits per heavy atom. The summed E-state index contributed by atoms with van der Waals surface area (Å²) in [5.74, 6) is 0.0315. The van der Waals surface area contributed by atoms with Crippen molar-refractivity contribution in [3.05, 3.63) is 60.4 Å². The van der Waals surface area contributed by atoms with Crippen molar-refractivity contribution in [2.75, 3.05) is 43.4 Å². The molecule has 0 unspecified atom stereocenters. The lowest BCUT2D eigenvalue weighted by molar-refractivity contribution is 0.381. The average molecular weight is 390 g/mol. The molecule has 2 aromatic rings. The van der Waals surface area contributed by atoms with Gasteiger partial charge in [0.05, 0.1) is 17.2 Å². The smallest absolute Gasteiger partial charge is 0.191 e. The highest BCUT2D eigenvalue weighted by Crippen LogP contribution is 2.17. The minimum atomic E-state index is -3.36. The van der Waals surface area contributed by atoms with E-state index >= 15 is 0 Å². The molecule has 0 spiro atoms. The second-order valence-corrected chi connectivity index (χ2v) is 8.43. The molecule has 8 heteroatoms. The predicted molar refractivity (Wildman–Crippen MR) is 105 cm³/mol. The summed E-state index contributed by atoms with van der Waals surface area (Å²) >= 11 is 0. The van der Waals surface area contributed by atoms with Crippen LogP contribution in [0.4, 0.5) is 10.1 Å². The molecule has 3 rings (SSSR count). The molecule has 1 saturated heterocycles. The fraction of sp³-hybridized carbons (Fsp3) is 0.316. The maximum Gasteiger partial charge on any atom is 0.191 e. The number of aliphatic imine (C=N–C) groups is 1. The molecule has 144 valence electrons. The van der Waals surface area contributed by atoms with Crippen molar-refractivity contribution in [1.82, 2.24) is 4.90 Å². The largest absolute Gasteiger partial charge is 0.370 e. The van der Waals surface area contributed by atoms with E-state index in [-0.39, 0.29) is 18.1 Å². The van der Waals surface area contributed by atoms with Gasteiger partial charge < -0.3 is 15.5 Å². The van der Waals surface area contributed by atoms with Gasteiger partial charge in [-0.25, -0.2) is 12.8 Å². The molecular weight excluding hydrogens is 367 g/mol. The van der Waals surface area contributed by atoms with Crippen LogP contribution in [0.25, 0.3) is 0 Å². The number of hydrogen-bond donors (Lipinski definition) is 1. The number of anilines is 1. The van der Waals surface area contributed by atoms with Crippen molar-refractivity contribution in [1.29, 1.82) is 0 Å². The third-order valence-corrected chi connectivity index (χ3v) is 6.24. The lowest BCUT2D eigenvalue weighted by Gasteiger charge is -2.36. The molecule has 1 fully saturated rings.